The maximum Gasteiger partial charge on any atom is 0.221 e. The standard InChI is InChI=1S/C16H31N3O3/c1-14(2)10-11-9-13(20)17-16(5,6)18(21)8-7-12(11)15(3,4)19(14)22/h11-12,21-22H,7-10H2,1-6H3,(H,17,20). The van der Waals surface area contributed by atoms with Gasteiger partial charge in [-0.1, -0.05) is 0 Å². The molecule has 22 heavy (non-hydrogen) atoms. The van der Waals surface area contributed by atoms with Crippen LogP contribution in [0.1, 0.15) is 60.8 Å². The molecule has 0 aliphatic carbocycles. The van der Waals surface area contributed by atoms with Crippen LogP contribution in [-0.4, -0.2) is 49.7 Å². The Balaban J connectivity index is 2.35. The molecule has 1 amide bonds. The zero-order valence-corrected chi connectivity index (χ0v) is 14.7. The van der Waals surface area contributed by atoms with E-state index in [1.807, 2.05) is 27.7 Å². The Bertz CT molecular complexity index is 448. The minimum absolute atomic E-state index is 0.0426. The van der Waals surface area contributed by atoms with Crippen LogP contribution in [0.15, 0.2) is 0 Å². The molecule has 0 spiro atoms. The van der Waals surface area contributed by atoms with Crippen LogP contribution in [0.4, 0.5) is 0 Å². The molecular weight excluding hydrogens is 282 g/mol. The van der Waals surface area contributed by atoms with Gasteiger partial charge in [-0.15, -0.1) is 0 Å². The molecule has 2 rings (SSSR count). The van der Waals surface area contributed by atoms with E-state index in [1.165, 1.54) is 10.1 Å². The highest BCUT2D eigenvalue weighted by Crippen LogP contribution is 2.47. The third-order valence-electron chi connectivity index (χ3n) is 5.55. The quantitative estimate of drug-likeness (QED) is 0.639. The molecule has 2 atom stereocenters. The Morgan fingerprint density at radius 3 is 2.32 bits per heavy atom. The molecule has 6 heteroatoms. The van der Waals surface area contributed by atoms with Crippen LogP contribution in [0, 0.1) is 11.8 Å². The average Bonchev–Trinajstić information content (AvgIpc) is 2.37. The number of piperidine rings is 1. The number of hydrogen-bond acceptors (Lipinski definition) is 5. The van der Waals surface area contributed by atoms with E-state index in [9.17, 15) is 15.2 Å². The van der Waals surface area contributed by atoms with Crippen molar-refractivity contribution in [1.82, 2.24) is 15.4 Å². The summed E-state index contributed by atoms with van der Waals surface area (Å²) in [6.07, 6.45) is 1.93. The van der Waals surface area contributed by atoms with Crippen molar-refractivity contribution < 1.29 is 15.2 Å². The van der Waals surface area contributed by atoms with Crippen molar-refractivity contribution in [2.24, 2.45) is 11.8 Å². The van der Waals surface area contributed by atoms with Gasteiger partial charge >= 0.3 is 0 Å². The molecule has 2 aliphatic heterocycles. The summed E-state index contributed by atoms with van der Waals surface area (Å²) in [5.74, 6) is 0.287. The first-order valence-corrected chi connectivity index (χ1v) is 8.15. The molecule has 0 radical (unpaired) electrons. The number of amides is 1. The first-order chi connectivity index (χ1) is 9.88. The smallest absolute Gasteiger partial charge is 0.221 e. The third kappa shape index (κ3) is 3.02. The Morgan fingerprint density at radius 2 is 1.73 bits per heavy atom. The molecular formula is C16H31N3O3. The van der Waals surface area contributed by atoms with E-state index in [-0.39, 0.29) is 23.3 Å². The van der Waals surface area contributed by atoms with Gasteiger partial charge in [0.25, 0.3) is 0 Å². The van der Waals surface area contributed by atoms with Crippen molar-refractivity contribution in [2.45, 2.75) is 77.5 Å². The van der Waals surface area contributed by atoms with E-state index < -0.39 is 11.2 Å². The van der Waals surface area contributed by atoms with Crippen molar-refractivity contribution in [3.63, 3.8) is 0 Å². The Kier molecular flexibility index (Phi) is 4.37. The van der Waals surface area contributed by atoms with Crippen LogP contribution >= 0.6 is 0 Å². The zero-order valence-electron chi connectivity index (χ0n) is 14.7. The molecule has 2 fully saturated rings. The molecule has 128 valence electrons. The SMILES string of the molecule is CC1(C)CC2CC(=O)NC(C)(C)N(O)CCC2C(C)(C)N1O. The van der Waals surface area contributed by atoms with Gasteiger partial charge in [0.1, 0.15) is 5.66 Å². The topological polar surface area (TPSA) is 76.0 Å². The summed E-state index contributed by atoms with van der Waals surface area (Å²) < 4.78 is 0. The Labute approximate surface area is 133 Å². The predicted molar refractivity (Wildman–Crippen MR) is 83.3 cm³/mol. The summed E-state index contributed by atoms with van der Waals surface area (Å²) in [6.45, 7) is 12.1. The number of nitrogens with zero attached hydrogens (tertiary/aromatic N) is 2. The highest BCUT2D eigenvalue weighted by Gasteiger charge is 2.52. The second-order valence-electron chi connectivity index (χ2n) is 8.57. The summed E-state index contributed by atoms with van der Waals surface area (Å²) in [4.78, 5) is 12.4. The normalized spacial score (nSPS) is 35.7. The summed E-state index contributed by atoms with van der Waals surface area (Å²) in [5.41, 5.74) is -1.58. The van der Waals surface area contributed by atoms with E-state index in [2.05, 4.69) is 5.32 Å². The fourth-order valence-electron chi connectivity index (χ4n) is 4.42. The van der Waals surface area contributed by atoms with E-state index in [1.54, 1.807) is 13.8 Å². The summed E-state index contributed by atoms with van der Waals surface area (Å²) in [5, 5.41) is 26.4. The van der Waals surface area contributed by atoms with Gasteiger partial charge in [-0.3, -0.25) is 4.79 Å². The molecule has 2 heterocycles. The van der Waals surface area contributed by atoms with Gasteiger partial charge in [0, 0.05) is 24.0 Å². The van der Waals surface area contributed by atoms with Crippen molar-refractivity contribution in [3.8, 4) is 0 Å². The minimum Gasteiger partial charge on any atom is -0.336 e. The molecule has 2 unspecified atom stereocenters. The molecule has 0 aromatic carbocycles. The van der Waals surface area contributed by atoms with Crippen molar-refractivity contribution in [2.75, 3.05) is 6.54 Å². The lowest BCUT2D eigenvalue weighted by Crippen LogP contribution is -2.64. The van der Waals surface area contributed by atoms with E-state index >= 15 is 0 Å². The summed E-state index contributed by atoms with van der Waals surface area (Å²) in [6, 6.07) is 0. The molecule has 6 nitrogen and oxygen atoms in total. The fraction of sp³-hybridized carbons (Fsp3) is 0.938. The number of carbonyl (C=O) groups is 1. The number of hydroxylamine groups is 4. The number of fused-ring (bicyclic) bond motifs is 1. The first kappa shape index (κ1) is 17.7. The number of rotatable bonds is 0. The van der Waals surface area contributed by atoms with E-state index in [0.717, 1.165) is 12.8 Å². The molecule has 0 bridgehead atoms. The van der Waals surface area contributed by atoms with Crippen LogP contribution in [0.25, 0.3) is 0 Å². The van der Waals surface area contributed by atoms with Crippen LogP contribution in [0.5, 0.6) is 0 Å². The van der Waals surface area contributed by atoms with E-state index in [0.29, 0.717) is 13.0 Å². The Morgan fingerprint density at radius 1 is 1.14 bits per heavy atom. The summed E-state index contributed by atoms with van der Waals surface area (Å²) >= 11 is 0. The molecule has 0 aromatic heterocycles. The van der Waals surface area contributed by atoms with Crippen molar-refractivity contribution in [1.29, 1.82) is 0 Å². The second-order valence-corrected chi connectivity index (χ2v) is 8.57. The third-order valence-corrected chi connectivity index (χ3v) is 5.55. The van der Waals surface area contributed by atoms with Crippen LogP contribution in [0.2, 0.25) is 0 Å². The van der Waals surface area contributed by atoms with Crippen molar-refractivity contribution >= 4 is 5.91 Å². The van der Waals surface area contributed by atoms with Crippen LogP contribution in [-0.2, 0) is 4.79 Å². The minimum atomic E-state index is -0.775. The fourth-order valence-corrected chi connectivity index (χ4v) is 4.42. The maximum atomic E-state index is 12.4. The average molecular weight is 313 g/mol. The number of nitrogens with one attached hydrogen (secondary N) is 1. The molecule has 3 N–H and O–H groups in total. The maximum absolute atomic E-state index is 12.4. The lowest BCUT2D eigenvalue weighted by atomic mass is 9.65. The highest BCUT2D eigenvalue weighted by molar-refractivity contribution is 5.77. The Hall–Kier alpha value is -0.690. The van der Waals surface area contributed by atoms with Crippen molar-refractivity contribution in [3.05, 3.63) is 0 Å². The van der Waals surface area contributed by atoms with Gasteiger partial charge in [-0.05, 0) is 66.2 Å². The van der Waals surface area contributed by atoms with Crippen LogP contribution in [0.3, 0.4) is 0 Å². The highest BCUT2D eigenvalue weighted by atomic mass is 16.5. The number of carbonyl (C=O) groups excluding carboxylic acids is 1. The van der Waals surface area contributed by atoms with E-state index in [4.69, 9.17) is 0 Å². The van der Waals surface area contributed by atoms with Crippen LogP contribution < -0.4 is 5.32 Å². The number of hydrogen-bond donors (Lipinski definition) is 3. The van der Waals surface area contributed by atoms with Gasteiger partial charge < -0.3 is 15.7 Å². The lowest BCUT2D eigenvalue weighted by Gasteiger charge is -2.56. The molecule has 0 saturated carbocycles. The lowest BCUT2D eigenvalue weighted by molar-refractivity contribution is -0.273. The second kappa shape index (κ2) is 5.44. The zero-order chi connectivity index (χ0) is 16.9. The molecule has 2 saturated heterocycles. The molecule has 0 aromatic rings. The monoisotopic (exact) mass is 313 g/mol. The first-order valence-electron chi connectivity index (χ1n) is 8.15. The largest absolute Gasteiger partial charge is 0.336 e. The molecule has 2 aliphatic rings. The predicted octanol–water partition coefficient (Wildman–Crippen LogP) is 2.21. The summed E-state index contributed by atoms with van der Waals surface area (Å²) in [7, 11) is 0. The van der Waals surface area contributed by atoms with Gasteiger partial charge in [0.2, 0.25) is 5.91 Å². The van der Waals surface area contributed by atoms with Gasteiger partial charge in [0.05, 0.1) is 0 Å². The van der Waals surface area contributed by atoms with Gasteiger partial charge in [-0.25, -0.2) is 0 Å². The van der Waals surface area contributed by atoms with Gasteiger partial charge in [0.15, 0.2) is 0 Å². The van der Waals surface area contributed by atoms with Gasteiger partial charge in [-0.2, -0.15) is 10.1 Å².